The molecule has 4 nitrogen and oxygen atoms in total. The number of hydrogen-bond donors (Lipinski definition) is 1. The van der Waals surface area contributed by atoms with E-state index in [1.165, 1.54) is 5.56 Å². The molecule has 0 radical (unpaired) electrons. The van der Waals surface area contributed by atoms with Crippen LogP contribution in [0.25, 0.3) is 0 Å². The lowest BCUT2D eigenvalue weighted by Crippen LogP contribution is -2.45. The Kier molecular flexibility index (Phi) is 6.83. The van der Waals surface area contributed by atoms with Gasteiger partial charge in [-0.3, -0.25) is 9.59 Å². The van der Waals surface area contributed by atoms with Crippen molar-refractivity contribution in [1.82, 2.24) is 10.2 Å². The van der Waals surface area contributed by atoms with Crippen LogP contribution in [0.2, 0.25) is 0 Å². The molecule has 3 unspecified atom stereocenters. The lowest BCUT2D eigenvalue weighted by molar-refractivity contribution is -0.134. The zero-order valence-electron chi connectivity index (χ0n) is 15.1. The van der Waals surface area contributed by atoms with Crippen LogP contribution in [0, 0.1) is 5.92 Å². The van der Waals surface area contributed by atoms with E-state index in [4.69, 9.17) is 0 Å². The van der Waals surface area contributed by atoms with E-state index in [2.05, 4.69) is 36.5 Å². The van der Waals surface area contributed by atoms with Gasteiger partial charge in [-0.1, -0.05) is 51.1 Å². The molecule has 1 aromatic carbocycles. The first-order valence-electron chi connectivity index (χ1n) is 9.20. The number of rotatable bonds is 7. The number of carbonyl (C=O) groups excluding carboxylic acids is 2. The maximum Gasteiger partial charge on any atom is 0.242 e. The molecule has 1 heterocycles. The van der Waals surface area contributed by atoms with Crippen LogP contribution in [-0.4, -0.2) is 35.8 Å². The third kappa shape index (κ3) is 4.37. The summed E-state index contributed by atoms with van der Waals surface area (Å²) in [5.41, 5.74) is 1.30. The Morgan fingerprint density at radius 2 is 1.92 bits per heavy atom. The first kappa shape index (κ1) is 18.5. The van der Waals surface area contributed by atoms with Gasteiger partial charge in [0.05, 0.1) is 6.54 Å². The van der Waals surface area contributed by atoms with Crippen molar-refractivity contribution in [2.75, 3.05) is 13.1 Å². The van der Waals surface area contributed by atoms with Gasteiger partial charge in [-0.25, -0.2) is 0 Å². The molecule has 2 rings (SSSR count). The monoisotopic (exact) mass is 330 g/mol. The summed E-state index contributed by atoms with van der Waals surface area (Å²) in [6.07, 6.45) is 3.88. The molecule has 2 amide bonds. The van der Waals surface area contributed by atoms with E-state index in [1.54, 1.807) is 0 Å². The maximum atomic E-state index is 12.6. The second-order valence-corrected chi connectivity index (χ2v) is 6.75. The lowest BCUT2D eigenvalue weighted by atomic mass is 9.87. The van der Waals surface area contributed by atoms with Crippen molar-refractivity contribution in [1.29, 1.82) is 0 Å². The SMILES string of the molecule is CCC(C)C(=O)NCC(=O)N1CCCC1C(CC)c1ccccc1. The molecule has 1 aliphatic rings. The fraction of sp³-hybridized carbons (Fsp3) is 0.600. The third-order valence-corrected chi connectivity index (χ3v) is 5.23. The normalized spacial score (nSPS) is 19.8. The number of amides is 2. The minimum atomic E-state index is -0.0418. The Hall–Kier alpha value is -1.84. The molecule has 1 aromatic rings. The molecule has 132 valence electrons. The average Bonchev–Trinajstić information content (AvgIpc) is 3.09. The molecule has 24 heavy (non-hydrogen) atoms. The molecule has 1 fully saturated rings. The van der Waals surface area contributed by atoms with Crippen molar-refractivity contribution in [2.45, 2.75) is 58.4 Å². The summed E-state index contributed by atoms with van der Waals surface area (Å²) in [5, 5.41) is 2.80. The molecule has 4 heteroatoms. The molecule has 1 N–H and O–H groups in total. The Labute approximate surface area is 145 Å². The van der Waals surface area contributed by atoms with Crippen molar-refractivity contribution in [3.8, 4) is 0 Å². The van der Waals surface area contributed by atoms with Gasteiger partial charge in [0.2, 0.25) is 11.8 Å². The standard InChI is InChI=1S/C20H30N2O2/c1-4-15(3)20(24)21-14-19(23)22-13-9-12-18(22)17(5-2)16-10-7-6-8-11-16/h6-8,10-11,15,17-18H,4-5,9,12-14H2,1-3H3,(H,21,24). The summed E-state index contributed by atoms with van der Waals surface area (Å²) in [5.74, 6) is 0.336. The number of likely N-dealkylation sites (tertiary alicyclic amines) is 1. The minimum absolute atomic E-state index is 0.0308. The highest BCUT2D eigenvalue weighted by atomic mass is 16.2. The van der Waals surface area contributed by atoms with Crippen LogP contribution in [-0.2, 0) is 9.59 Å². The Morgan fingerprint density at radius 1 is 1.21 bits per heavy atom. The molecular formula is C20H30N2O2. The first-order valence-corrected chi connectivity index (χ1v) is 9.20. The van der Waals surface area contributed by atoms with E-state index in [9.17, 15) is 9.59 Å². The molecule has 0 saturated carbocycles. The zero-order valence-corrected chi connectivity index (χ0v) is 15.1. The van der Waals surface area contributed by atoms with Crippen LogP contribution in [0.5, 0.6) is 0 Å². The number of benzene rings is 1. The second-order valence-electron chi connectivity index (χ2n) is 6.75. The zero-order chi connectivity index (χ0) is 17.5. The van der Waals surface area contributed by atoms with Gasteiger partial charge in [0.15, 0.2) is 0 Å². The molecule has 0 bridgehead atoms. The number of nitrogens with one attached hydrogen (secondary N) is 1. The molecule has 3 atom stereocenters. The van der Waals surface area contributed by atoms with Crippen LogP contribution in [0.3, 0.4) is 0 Å². The van der Waals surface area contributed by atoms with Gasteiger partial charge < -0.3 is 10.2 Å². The number of carbonyl (C=O) groups is 2. The Balaban J connectivity index is 2.01. The van der Waals surface area contributed by atoms with Crippen molar-refractivity contribution in [3.63, 3.8) is 0 Å². The van der Waals surface area contributed by atoms with E-state index in [1.807, 2.05) is 24.8 Å². The highest BCUT2D eigenvalue weighted by Gasteiger charge is 2.34. The van der Waals surface area contributed by atoms with Crippen LogP contribution >= 0.6 is 0 Å². The van der Waals surface area contributed by atoms with Crippen LogP contribution in [0.4, 0.5) is 0 Å². The molecule has 0 spiro atoms. The van der Waals surface area contributed by atoms with Gasteiger partial charge >= 0.3 is 0 Å². The lowest BCUT2D eigenvalue weighted by Gasteiger charge is -2.32. The van der Waals surface area contributed by atoms with Crippen LogP contribution < -0.4 is 5.32 Å². The van der Waals surface area contributed by atoms with E-state index in [0.29, 0.717) is 5.92 Å². The average molecular weight is 330 g/mol. The van der Waals surface area contributed by atoms with Gasteiger partial charge in [-0.05, 0) is 31.2 Å². The van der Waals surface area contributed by atoms with Gasteiger partial charge in [-0.2, -0.15) is 0 Å². The molecular weight excluding hydrogens is 300 g/mol. The highest BCUT2D eigenvalue weighted by Crippen LogP contribution is 2.33. The maximum absolute atomic E-state index is 12.6. The molecule has 1 saturated heterocycles. The molecule has 1 aliphatic heterocycles. The van der Waals surface area contributed by atoms with Crippen molar-refractivity contribution in [2.24, 2.45) is 5.92 Å². The molecule has 0 aliphatic carbocycles. The smallest absolute Gasteiger partial charge is 0.242 e. The highest BCUT2D eigenvalue weighted by molar-refractivity contribution is 5.86. The Bertz CT molecular complexity index is 544. The summed E-state index contributed by atoms with van der Waals surface area (Å²) < 4.78 is 0. The van der Waals surface area contributed by atoms with Gasteiger partial charge in [-0.15, -0.1) is 0 Å². The van der Waals surface area contributed by atoms with Crippen molar-refractivity contribution in [3.05, 3.63) is 35.9 Å². The van der Waals surface area contributed by atoms with Gasteiger partial charge in [0.1, 0.15) is 0 Å². The van der Waals surface area contributed by atoms with Gasteiger partial charge in [0, 0.05) is 24.4 Å². The fourth-order valence-corrected chi connectivity index (χ4v) is 3.57. The minimum Gasteiger partial charge on any atom is -0.347 e. The van der Waals surface area contributed by atoms with Crippen LogP contribution in [0.1, 0.15) is 57.9 Å². The summed E-state index contributed by atoms with van der Waals surface area (Å²) in [6.45, 7) is 6.97. The van der Waals surface area contributed by atoms with Crippen molar-refractivity contribution < 1.29 is 9.59 Å². The van der Waals surface area contributed by atoms with E-state index in [-0.39, 0.29) is 30.3 Å². The number of hydrogen-bond acceptors (Lipinski definition) is 2. The Morgan fingerprint density at radius 3 is 2.54 bits per heavy atom. The van der Waals surface area contributed by atoms with Crippen LogP contribution in [0.15, 0.2) is 30.3 Å². The summed E-state index contributed by atoms with van der Waals surface area (Å²) in [4.78, 5) is 26.5. The second kappa shape index (κ2) is 8.86. The predicted octanol–water partition coefficient (Wildman–Crippen LogP) is 3.33. The molecule has 0 aromatic heterocycles. The largest absolute Gasteiger partial charge is 0.347 e. The first-order chi connectivity index (χ1) is 11.6. The fourth-order valence-electron chi connectivity index (χ4n) is 3.57. The summed E-state index contributed by atoms with van der Waals surface area (Å²) >= 11 is 0. The predicted molar refractivity (Wildman–Crippen MR) is 96.7 cm³/mol. The van der Waals surface area contributed by atoms with E-state index in [0.717, 1.165) is 32.2 Å². The van der Waals surface area contributed by atoms with E-state index >= 15 is 0 Å². The number of nitrogens with zero attached hydrogens (tertiary/aromatic N) is 1. The third-order valence-electron chi connectivity index (χ3n) is 5.23. The quantitative estimate of drug-likeness (QED) is 0.833. The topological polar surface area (TPSA) is 49.4 Å². The van der Waals surface area contributed by atoms with Gasteiger partial charge in [0.25, 0.3) is 0 Å². The van der Waals surface area contributed by atoms with E-state index < -0.39 is 0 Å². The summed E-state index contributed by atoms with van der Waals surface area (Å²) in [6, 6.07) is 10.7. The summed E-state index contributed by atoms with van der Waals surface area (Å²) in [7, 11) is 0. The van der Waals surface area contributed by atoms with Crippen molar-refractivity contribution >= 4 is 11.8 Å².